The van der Waals surface area contributed by atoms with E-state index in [1.54, 1.807) is 19.2 Å². The van der Waals surface area contributed by atoms with Crippen molar-refractivity contribution in [2.24, 2.45) is 29.2 Å². The van der Waals surface area contributed by atoms with Gasteiger partial charge in [-0.25, -0.2) is 4.68 Å². The SMILES string of the molecule is C[C@H](C(=O)O)[C@H](c1ccc2c(c1)O[C@@H](C1CCN(Cc3cc(-n4cc(COCCOCCOCCOCCOCC(=O)NCC[N+](C)(CCC(=O)NCCN)CCC(=O)NCCN)nn4)ccc3OC(F)(F)F)CC1)CC2)C1CC1. The molecule has 3 atom stereocenters. The number of fused-ring (bicyclic) bond motifs is 1. The Morgan fingerprint density at radius 1 is 0.787 bits per heavy atom. The average molecular weight is 1130 g/mol. The second-order valence-electron chi connectivity index (χ2n) is 21.0. The molecule has 1 aromatic heterocycles. The van der Waals surface area contributed by atoms with E-state index in [0.29, 0.717) is 126 Å². The number of amides is 3. The van der Waals surface area contributed by atoms with Gasteiger partial charge in [-0.1, -0.05) is 24.3 Å². The first-order chi connectivity index (χ1) is 38.5. The molecular formula is C55H84F3N10O12+. The smallest absolute Gasteiger partial charge is 0.490 e. The van der Waals surface area contributed by atoms with Crippen LogP contribution in [0.25, 0.3) is 5.69 Å². The van der Waals surface area contributed by atoms with Crippen LogP contribution >= 0.6 is 0 Å². The molecule has 0 radical (unpaired) electrons. The monoisotopic (exact) mass is 1130 g/mol. The summed E-state index contributed by atoms with van der Waals surface area (Å²) in [5.41, 5.74) is 14.5. The molecular weight excluding hydrogens is 1050 g/mol. The van der Waals surface area contributed by atoms with Crippen molar-refractivity contribution >= 4 is 23.7 Å². The lowest BCUT2D eigenvalue weighted by Gasteiger charge is -2.38. The fourth-order valence-electron chi connectivity index (χ4n) is 10.1. The van der Waals surface area contributed by atoms with Crippen LogP contribution in [0.2, 0.25) is 0 Å². The molecule has 80 heavy (non-hydrogen) atoms. The summed E-state index contributed by atoms with van der Waals surface area (Å²) in [7, 11) is 1.94. The van der Waals surface area contributed by atoms with E-state index in [-0.39, 0.29) is 93.8 Å². The number of likely N-dealkylation sites (tertiary alicyclic amines) is 1. The van der Waals surface area contributed by atoms with Crippen molar-refractivity contribution in [1.29, 1.82) is 0 Å². The number of carbonyl (C=O) groups is 4. The lowest BCUT2D eigenvalue weighted by Crippen LogP contribution is -2.52. The number of carboxylic acids is 1. The molecule has 2 aromatic carbocycles. The molecule has 446 valence electrons. The van der Waals surface area contributed by atoms with Crippen LogP contribution < -0.4 is 36.9 Å². The number of likely N-dealkylation sites (N-methyl/N-ethyl adjacent to an activating group) is 1. The van der Waals surface area contributed by atoms with Crippen LogP contribution in [0.15, 0.2) is 42.6 Å². The summed E-state index contributed by atoms with van der Waals surface area (Å²) in [4.78, 5) is 50.9. The van der Waals surface area contributed by atoms with Crippen LogP contribution in [-0.4, -0.2) is 198 Å². The number of hydrogen-bond acceptors (Lipinski definition) is 16. The molecule has 1 saturated carbocycles. The van der Waals surface area contributed by atoms with Gasteiger partial charge in [-0.15, -0.1) is 18.3 Å². The van der Waals surface area contributed by atoms with E-state index >= 15 is 0 Å². The molecule has 0 spiro atoms. The van der Waals surface area contributed by atoms with Gasteiger partial charge in [0.15, 0.2) is 0 Å². The van der Waals surface area contributed by atoms with E-state index in [9.17, 15) is 37.5 Å². The fourth-order valence-corrected chi connectivity index (χ4v) is 10.1. The average Bonchev–Trinajstić information content (AvgIpc) is 4.20. The standard InChI is InChI=1S/C55H83F3N10O12/c1-39(54(72)73)53(42-4-5-42)43-6-3-40-7-9-47(79-49(40)34-43)41-11-20-66(21-12-41)35-44-33-46(8-10-48(44)80-55(56,57)58)67-36-45(64-65-67)37-77-31-29-75-27-25-74-26-28-76-30-32-78-38-52(71)63-19-24-68(2,22-13-50(69)61-17-15-59)23-14-51(70)62-18-16-60/h3,6,8,10,33-34,36,39,41-42,47,53H,4-5,7,9,11-32,35,37-38,59-60H2,1-2H3,(H3-,61,62,63,69,70,71,72,73)/p+1/t39-,47+,53-/m0/s1. The first-order valence-electron chi connectivity index (χ1n) is 28.0. The summed E-state index contributed by atoms with van der Waals surface area (Å²) in [5.74, 6) is -0.640. The number of nitrogens with one attached hydrogen (secondary N) is 3. The lowest BCUT2D eigenvalue weighted by atomic mass is 9.81. The van der Waals surface area contributed by atoms with Gasteiger partial charge in [0.25, 0.3) is 0 Å². The first kappa shape index (κ1) is 63.7. The summed E-state index contributed by atoms with van der Waals surface area (Å²) in [6.07, 6.45) is 2.75. The number of quaternary nitrogens is 1. The van der Waals surface area contributed by atoms with Crippen LogP contribution in [0, 0.1) is 17.8 Å². The Kier molecular flexibility index (Phi) is 26.1. The third kappa shape index (κ3) is 22.1. The number of aryl methyl sites for hydroxylation is 1. The molecule has 0 unspecified atom stereocenters. The zero-order valence-electron chi connectivity index (χ0n) is 46.4. The minimum Gasteiger partial charge on any atom is -0.490 e. The number of ether oxygens (including phenoxy) is 7. The number of piperidine rings is 1. The van der Waals surface area contributed by atoms with Crippen LogP contribution in [-0.2, 0) is 62.4 Å². The molecule has 3 aliphatic rings. The van der Waals surface area contributed by atoms with E-state index in [1.165, 1.54) is 16.8 Å². The summed E-state index contributed by atoms with van der Waals surface area (Å²) >= 11 is 0. The number of halogens is 3. The van der Waals surface area contributed by atoms with Crippen molar-refractivity contribution < 1.29 is 75.1 Å². The van der Waals surface area contributed by atoms with Gasteiger partial charge in [0.2, 0.25) is 17.7 Å². The second-order valence-corrected chi connectivity index (χ2v) is 21.0. The number of aliphatic carboxylic acids is 1. The summed E-state index contributed by atoms with van der Waals surface area (Å²) < 4.78 is 81.6. The van der Waals surface area contributed by atoms with Gasteiger partial charge in [0, 0.05) is 38.3 Å². The molecule has 25 heteroatoms. The number of aromatic nitrogens is 3. The van der Waals surface area contributed by atoms with Gasteiger partial charge in [-0.05, 0) is 105 Å². The van der Waals surface area contributed by atoms with Gasteiger partial charge in [0.1, 0.15) is 29.9 Å². The number of benzene rings is 2. The van der Waals surface area contributed by atoms with E-state index in [0.717, 1.165) is 55.4 Å². The molecule has 6 rings (SSSR count). The number of alkyl halides is 3. The number of nitrogens with two attached hydrogens (primary N) is 2. The van der Waals surface area contributed by atoms with E-state index < -0.39 is 18.2 Å². The zero-order chi connectivity index (χ0) is 57.3. The number of nitrogens with zero attached hydrogens (tertiary/aromatic N) is 5. The van der Waals surface area contributed by atoms with Gasteiger partial charge in [0.05, 0.1) is 123 Å². The number of rotatable bonds is 38. The van der Waals surface area contributed by atoms with E-state index in [2.05, 4.69) is 54.1 Å². The maximum Gasteiger partial charge on any atom is 0.573 e. The Balaban J connectivity index is 0.814. The lowest BCUT2D eigenvalue weighted by molar-refractivity contribution is -0.907. The Bertz CT molecular complexity index is 2370. The van der Waals surface area contributed by atoms with Crippen molar-refractivity contribution in [3.05, 3.63) is 65.0 Å². The fraction of sp³-hybridized carbons (Fsp3) is 0.673. The highest BCUT2D eigenvalue weighted by atomic mass is 19.4. The predicted octanol–water partition coefficient (Wildman–Crippen LogP) is 3.06. The summed E-state index contributed by atoms with van der Waals surface area (Å²) in [5, 5.41) is 26.5. The summed E-state index contributed by atoms with van der Waals surface area (Å²) in [6.45, 7) is 9.04. The van der Waals surface area contributed by atoms with Gasteiger partial charge in [-0.2, -0.15) is 0 Å². The quantitative estimate of drug-likeness (QED) is 0.0355. The van der Waals surface area contributed by atoms with Crippen LogP contribution in [0.3, 0.4) is 0 Å². The van der Waals surface area contributed by atoms with Crippen molar-refractivity contribution in [3.8, 4) is 17.2 Å². The molecule has 8 N–H and O–H groups in total. The first-order valence-corrected chi connectivity index (χ1v) is 28.0. The third-order valence-electron chi connectivity index (χ3n) is 14.8. The van der Waals surface area contributed by atoms with Gasteiger partial charge >= 0.3 is 12.3 Å². The Morgan fingerprint density at radius 2 is 1.40 bits per heavy atom. The molecule has 3 aromatic rings. The van der Waals surface area contributed by atoms with Gasteiger partial charge in [-0.3, -0.25) is 24.1 Å². The Morgan fingerprint density at radius 3 is 2.00 bits per heavy atom. The highest BCUT2D eigenvalue weighted by Gasteiger charge is 2.40. The number of hydrogen-bond donors (Lipinski definition) is 6. The van der Waals surface area contributed by atoms with Crippen molar-refractivity contribution in [2.75, 3.05) is 132 Å². The van der Waals surface area contributed by atoms with E-state index in [4.69, 9.17) is 39.9 Å². The van der Waals surface area contributed by atoms with Crippen LogP contribution in [0.1, 0.15) is 80.2 Å². The largest absolute Gasteiger partial charge is 0.573 e. The zero-order valence-corrected chi connectivity index (χ0v) is 46.4. The molecule has 1 aliphatic carbocycles. The molecule has 0 bridgehead atoms. The normalized spacial score (nSPS) is 16.8. The van der Waals surface area contributed by atoms with Gasteiger partial charge < -0.3 is 70.2 Å². The molecule has 3 heterocycles. The maximum absolute atomic E-state index is 13.6. The molecule has 3 amide bonds. The highest BCUT2D eigenvalue weighted by Crippen LogP contribution is 2.48. The third-order valence-corrected chi connectivity index (χ3v) is 14.8. The molecule has 22 nitrogen and oxygen atoms in total. The Hall–Kier alpha value is -5.51. The molecule has 2 aliphatic heterocycles. The number of carboxylic acid groups (broad SMARTS) is 1. The second kappa shape index (κ2) is 32.8. The van der Waals surface area contributed by atoms with Crippen LogP contribution in [0.5, 0.6) is 11.5 Å². The van der Waals surface area contributed by atoms with Crippen molar-refractivity contribution in [3.63, 3.8) is 0 Å². The van der Waals surface area contributed by atoms with Crippen LogP contribution in [0.4, 0.5) is 13.2 Å². The molecule has 1 saturated heterocycles. The van der Waals surface area contributed by atoms with E-state index in [1.807, 2.05) is 7.05 Å². The molecule has 2 fully saturated rings. The predicted molar refractivity (Wildman–Crippen MR) is 288 cm³/mol. The maximum atomic E-state index is 13.6. The van der Waals surface area contributed by atoms with Crippen molar-refractivity contribution in [1.82, 2.24) is 35.8 Å². The Labute approximate surface area is 466 Å². The number of carbonyl (C=O) groups excluding carboxylic acids is 3. The highest BCUT2D eigenvalue weighted by molar-refractivity contribution is 5.77. The topological polar surface area (TPSA) is 275 Å². The minimum absolute atomic E-state index is 0.00189. The van der Waals surface area contributed by atoms with Crippen molar-refractivity contribution in [2.45, 2.75) is 89.8 Å². The summed E-state index contributed by atoms with van der Waals surface area (Å²) in [6, 6.07) is 10.7. The minimum atomic E-state index is -4.87.